The largest absolute Gasteiger partial charge is 0.351 e. The summed E-state index contributed by atoms with van der Waals surface area (Å²) in [5.74, 6) is 0.00539. The van der Waals surface area contributed by atoms with Crippen LogP contribution in [0.4, 0.5) is 0 Å². The molecule has 1 aromatic heterocycles. The molecule has 0 spiro atoms. The molecule has 1 aromatic rings. The van der Waals surface area contributed by atoms with E-state index in [-0.39, 0.29) is 5.91 Å². The maximum atomic E-state index is 11.6. The highest BCUT2D eigenvalue weighted by molar-refractivity contribution is 9.11. The number of amides is 1. The van der Waals surface area contributed by atoms with E-state index in [1.165, 1.54) is 11.3 Å². The van der Waals surface area contributed by atoms with Crippen molar-refractivity contribution in [1.82, 2.24) is 5.32 Å². The molecule has 0 saturated heterocycles. The van der Waals surface area contributed by atoms with Gasteiger partial charge in [0.25, 0.3) is 5.91 Å². The standard InChI is InChI=1S/C10H15BrN2OS/c1-7-6-8(15-9(7)11)10(14)13-5-3-2-4-12/h6H,2-5,12H2,1H3,(H,13,14). The van der Waals surface area contributed by atoms with E-state index < -0.39 is 0 Å². The number of nitrogens with two attached hydrogens (primary N) is 1. The van der Waals surface area contributed by atoms with Gasteiger partial charge in [-0.1, -0.05) is 0 Å². The predicted octanol–water partition coefficient (Wildman–Crippen LogP) is 2.29. The van der Waals surface area contributed by atoms with E-state index in [4.69, 9.17) is 5.73 Å². The molecule has 0 bridgehead atoms. The minimum atomic E-state index is 0.00539. The van der Waals surface area contributed by atoms with Crippen LogP contribution >= 0.6 is 27.3 Å². The number of hydrogen-bond acceptors (Lipinski definition) is 3. The van der Waals surface area contributed by atoms with Crippen LogP contribution in [-0.4, -0.2) is 19.0 Å². The summed E-state index contributed by atoms with van der Waals surface area (Å²) < 4.78 is 1.02. The van der Waals surface area contributed by atoms with Crippen molar-refractivity contribution >= 4 is 33.2 Å². The first-order chi connectivity index (χ1) is 7.15. The Morgan fingerprint density at radius 3 is 2.87 bits per heavy atom. The lowest BCUT2D eigenvalue weighted by Crippen LogP contribution is -2.23. The number of thiophene rings is 1. The first kappa shape index (κ1) is 12.7. The molecule has 0 saturated carbocycles. The summed E-state index contributed by atoms with van der Waals surface area (Å²) in [6.07, 6.45) is 1.89. The Bertz CT molecular complexity index is 319. The fourth-order valence-electron chi connectivity index (χ4n) is 1.13. The van der Waals surface area contributed by atoms with Crippen LogP contribution in [0.15, 0.2) is 9.85 Å². The molecule has 0 fully saturated rings. The lowest BCUT2D eigenvalue weighted by Gasteiger charge is -2.01. The van der Waals surface area contributed by atoms with Gasteiger partial charge in [0, 0.05) is 6.54 Å². The smallest absolute Gasteiger partial charge is 0.261 e. The third kappa shape index (κ3) is 3.93. The van der Waals surface area contributed by atoms with Crippen molar-refractivity contribution in [2.24, 2.45) is 5.73 Å². The molecule has 3 N–H and O–H groups in total. The van der Waals surface area contributed by atoms with Gasteiger partial charge in [-0.2, -0.15) is 0 Å². The third-order valence-electron chi connectivity index (χ3n) is 2.00. The Balaban J connectivity index is 2.40. The molecule has 5 heteroatoms. The Morgan fingerprint density at radius 2 is 2.33 bits per heavy atom. The van der Waals surface area contributed by atoms with E-state index in [0.717, 1.165) is 27.1 Å². The molecule has 84 valence electrons. The van der Waals surface area contributed by atoms with Crippen LogP contribution in [0.25, 0.3) is 0 Å². The van der Waals surface area contributed by atoms with Gasteiger partial charge in [0.05, 0.1) is 8.66 Å². The number of unbranched alkanes of at least 4 members (excludes halogenated alkanes) is 1. The second-order valence-corrected chi connectivity index (χ2v) is 5.69. The summed E-state index contributed by atoms with van der Waals surface area (Å²) >= 11 is 4.87. The van der Waals surface area contributed by atoms with E-state index in [9.17, 15) is 4.79 Å². The molecule has 0 aliphatic rings. The highest BCUT2D eigenvalue weighted by Gasteiger charge is 2.09. The van der Waals surface area contributed by atoms with Gasteiger partial charge in [0.15, 0.2) is 0 Å². The molecular weight excluding hydrogens is 276 g/mol. The van der Waals surface area contributed by atoms with Crippen LogP contribution in [-0.2, 0) is 0 Å². The number of aryl methyl sites for hydroxylation is 1. The van der Waals surface area contributed by atoms with Crippen LogP contribution in [0.5, 0.6) is 0 Å². The van der Waals surface area contributed by atoms with Crippen molar-refractivity contribution in [2.45, 2.75) is 19.8 Å². The Morgan fingerprint density at radius 1 is 1.60 bits per heavy atom. The van der Waals surface area contributed by atoms with Gasteiger partial charge in [0.1, 0.15) is 0 Å². The quantitative estimate of drug-likeness (QED) is 0.818. The summed E-state index contributed by atoms with van der Waals surface area (Å²) in [5, 5.41) is 2.87. The molecule has 1 amide bonds. The lowest BCUT2D eigenvalue weighted by atomic mass is 10.3. The van der Waals surface area contributed by atoms with Gasteiger partial charge in [-0.05, 0) is 53.9 Å². The number of hydrogen-bond donors (Lipinski definition) is 2. The van der Waals surface area contributed by atoms with Crippen LogP contribution < -0.4 is 11.1 Å². The first-order valence-corrected chi connectivity index (χ1v) is 6.50. The van der Waals surface area contributed by atoms with Gasteiger partial charge < -0.3 is 11.1 Å². The minimum absolute atomic E-state index is 0.00539. The molecule has 15 heavy (non-hydrogen) atoms. The normalized spacial score (nSPS) is 10.3. The molecule has 0 radical (unpaired) electrons. The minimum Gasteiger partial charge on any atom is -0.351 e. The average Bonchev–Trinajstić information content (AvgIpc) is 2.54. The monoisotopic (exact) mass is 290 g/mol. The molecule has 0 unspecified atom stereocenters. The zero-order chi connectivity index (χ0) is 11.3. The highest BCUT2D eigenvalue weighted by Crippen LogP contribution is 2.27. The van der Waals surface area contributed by atoms with Crippen LogP contribution in [0.1, 0.15) is 28.1 Å². The van der Waals surface area contributed by atoms with Crippen molar-refractivity contribution in [3.05, 3.63) is 20.3 Å². The van der Waals surface area contributed by atoms with Gasteiger partial charge in [-0.3, -0.25) is 4.79 Å². The number of carbonyl (C=O) groups is 1. The van der Waals surface area contributed by atoms with E-state index in [1.807, 2.05) is 13.0 Å². The Hall–Kier alpha value is -0.390. The zero-order valence-electron chi connectivity index (χ0n) is 8.68. The van der Waals surface area contributed by atoms with Crippen molar-refractivity contribution in [2.75, 3.05) is 13.1 Å². The SMILES string of the molecule is Cc1cc(C(=O)NCCCCN)sc1Br. The second-order valence-electron chi connectivity index (χ2n) is 3.32. The second kappa shape index (κ2) is 6.25. The maximum absolute atomic E-state index is 11.6. The molecular formula is C10H15BrN2OS. The van der Waals surface area contributed by atoms with E-state index in [1.54, 1.807) is 0 Å². The van der Waals surface area contributed by atoms with Crippen LogP contribution in [0.2, 0.25) is 0 Å². The summed E-state index contributed by atoms with van der Waals surface area (Å²) in [6, 6.07) is 1.90. The number of nitrogens with one attached hydrogen (secondary N) is 1. The first-order valence-electron chi connectivity index (χ1n) is 4.89. The van der Waals surface area contributed by atoms with Gasteiger partial charge >= 0.3 is 0 Å². The molecule has 0 aromatic carbocycles. The molecule has 0 aliphatic heterocycles. The number of rotatable bonds is 5. The summed E-state index contributed by atoms with van der Waals surface area (Å²) in [4.78, 5) is 12.4. The summed E-state index contributed by atoms with van der Waals surface area (Å²) in [7, 11) is 0. The molecule has 0 aliphatic carbocycles. The van der Waals surface area contributed by atoms with Crippen molar-refractivity contribution in [1.29, 1.82) is 0 Å². The van der Waals surface area contributed by atoms with Gasteiger partial charge in [-0.25, -0.2) is 0 Å². The molecule has 0 atom stereocenters. The predicted molar refractivity (Wildman–Crippen MR) is 67.4 cm³/mol. The number of halogens is 1. The highest BCUT2D eigenvalue weighted by atomic mass is 79.9. The fourth-order valence-corrected chi connectivity index (χ4v) is 2.58. The van der Waals surface area contributed by atoms with E-state index in [0.29, 0.717) is 13.1 Å². The van der Waals surface area contributed by atoms with Gasteiger partial charge in [0.2, 0.25) is 0 Å². The van der Waals surface area contributed by atoms with Crippen molar-refractivity contribution in [3.8, 4) is 0 Å². The van der Waals surface area contributed by atoms with Gasteiger partial charge in [-0.15, -0.1) is 11.3 Å². The van der Waals surface area contributed by atoms with Crippen LogP contribution in [0.3, 0.4) is 0 Å². The summed E-state index contributed by atoms with van der Waals surface area (Å²) in [5.41, 5.74) is 6.47. The number of carbonyl (C=O) groups excluding carboxylic acids is 1. The van der Waals surface area contributed by atoms with E-state index >= 15 is 0 Å². The maximum Gasteiger partial charge on any atom is 0.261 e. The Labute approximate surface area is 102 Å². The molecule has 1 heterocycles. The lowest BCUT2D eigenvalue weighted by molar-refractivity contribution is 0.0957. The van der Waals surface area contributed by atoms with Crippen molar-refractivity contribution in [3.63, 3.8) is 0 Å². The topological polar surface area (TPSA) is 55.1 Å². The average molecular weight is 291 g/mol. The zero-order valence-corrected chi connectivity index (χ0v) is 11.1. The van der Waals surface area contributed by atoms with E-state index in [2.05, 4.69) is 21.2 Å². The Kier molecular flexibility index (Phi) is 5.28. The summed E-state index contributed by atoms with van der Waals surface area (Å²) in [6.45, 7) is 3.36. The molecule has 1 rings (SSSR count). The van der Waals surface area contributed by atoms with Crippen molar-refractivity contribution < 1.29 is 4.79 Å². The van der Waals surface area contributed by atoms with Crippen LogP contribution in [0, 0.1) is 6.92 Å². The third-order valence-corrected chi connectivity index (χ3v) is 4.13. The fraction of sp³-hybridized carbons (Fsp3) is 0.500. The molecule has 3 nitrogen and oxygen atoms in total.